The first kappa shape index (κ1) is 23.1. The van der Waals surface area contributed by atoms with Gasteiger partial charge in [0.1, 0.15) is 6.33 Å². The molecule has 1 aliphatic heterocycles. The molecule has 3 heterocycles. The molecule has 0 unspecified atom stereocenters. The summed E-state index contributed by atoms with van der Waals surface area (Å²) in [7, 11) is 0. The topological polar surface area (TPSA) is 85.2 Å². The predicted octanol–water partition coefficient (Wildman–Crippen LogP) is 3.62. The van der Waals surface area contributed by atoms with Gasteiger partial charge in [-0.15, -0.1) is 0 Å². The number of amides is 1. The third-order valence-corrected chi connectivity index (χ3v) is 5.43. The number of morpholine rings is 1. The minimum atomic E-state index is -0.144. The van der Waals surface area contributed by atoms with Gasteiger partial charge in [-0.2, -0.15) is 0 Å². The van der Waals surface area contributed by atoms with Gasteiger partial charge < -0.3 is 10.1 Å². The van der Waals surface area contributed by atoms with Crippen molar-refractivity contribution in [3.8, 4) is 5.82 Å². The highest BCUT2D eigenvalue weighted by Crippen LogP contribution is 2.23. The van der Waals surface area contributed by atoms with Crippen molar-refractivity contribution in [1.82, 2.24) is 24.4 Å². The quantitative estimate of drug-likeness (QED) is 0.556. The summed E-state index contributed by atoms with van der Waals surface area (Å²) in [6.45, 7) is 11.0. The fourth-order valence-corrected chi connectivity index (χ4v) is 3.86. The SMILES string of the molecule is CC(C)(C)Cc1cncc(-n2cnc3ccc(NC(=O)/C=C\CCN4CCOCC4)cc32)n1. The van der Waals surface area contributed by atoms with E-state index in [1.54, 1.807) is 18.6 Å². The Labute approximate surface area is 194 Å². The van der Waals surface area contributed by atoms with Gasteiger partial charge in [-0.25, -0.2) is 9.97 Å². The van der Waals surface area contributed by atoms with Crippen LogP contribution in [0.4, 0.5) is 5.69 Å². The first-order chi connectivity index (χ1) is 15.9. The van der Waals surface area contributed by atoms with Crippen molar-refractivity contribution >= 4 is 22.6 Å². The summed E-state index contributed by atoms with van der Waals surface area (Å²) in [4.78, 5) is 28.4. The van der Waals surface area contributed by atoms with Gasteiger partial charge >= 0.3 is 0 Å². The molecule has 0 spiro atoms. The van der Waals surface area contributed by atoms with Gasteiger partial charge in [-0.05, 0) is 42.5 Å². The summed E-state index contributed by atoms with van der Waals surface area (Å²) in [6.07, 6.45) is 10.5. The van der Waals surface area contributed by atoms with Crippen LogP contribution in [0, 0.1) is 5.41 Å². The van der Waals surface area contributed by atoms with E-state index in [2.05, 4.69) is 41.0 Å². The Hall–Kier alpha value is -3.10. The Morgan fingerprint density at radius 3 is 2.82 bits per heavy atom. The van der Waals surface area contributed by atoms with E-state index in [1.165, 1.54) is 0 Å². The molecule has 1 fully saturated rings. The van der Waals surface area contributed by atoms with Crippen molar-refractivity contribution < 1.29 is 9.53 Å². The van der Waals surface area contributed by atoms with Crippen LogP contribution < -0.4 is 5.32 Å². The fourth-order valence-electron chi connectivity index (χ4n) is 3.86. The maximum absolute atomic E-state index is 12.4. The number of hydrogen-bond acceptors (Lipinski definition) is 6. The highest BCUT2D eigenvalue weighted by Gasteiger charge is 2.14. The number of imidazole rings is 1. The molecule has 0 bridgehead atoms. The first-order valence-corrected chi connectivity index (χ1v) is 11.4. The molecule has 0 aliphatic carbocycles. The Morgan fingerprint density at radius 1 is 1.21 bits per heavy atom. The molecule has 8 nitrogen and oxygen atoms in total. The van der Waals surface area contributed by atoms with Crippen LogP contribution in [-0.4, -0.2) is 63.2 Å². The summed E-state index contributed by atoms with van der Waals surface area (Å²) in [5.41, 5.74) is 3.47. The molecular formula is C25H32N6O2. The Kier molecular flexibility index (Phi) is 7.15. The van der Waals surface area contributed by atoms with Gasteiger partial charge in [0, 0.05) is 31.5 Å². The average Bonchev–Trinajstić information content (AvgIpc) is 3.20. The molecule has 8 heteroatoms. The molecule has 1 N–H and O–H groups in total. The van der Waals surface area contributed by atoms with E-state index in [0.29, 0.717) is 11.5 Å². The van der Waals surface area contributed by atoms with Gasteiger partial charge in [-0.3, -0.25) is 19.2 Å². The summed E-state index contributed by atoms with van der Waals surface area (Å²) < 4.78 is 7.26. The van der Waals surface area contributed by atoms with Crippen LogP contribution in [0.5, 0.6) is 0 Å². The summed E-state index contributed by atoms with van der Waals surface area (Å²) >= 11 is 0. The number of anilines is 1. The molecule has 1 saturated heterocycles. The van der Waals surface area contributed by atoms with E-state index in [0.717, 1.165) is 62.4 Å². The Morgan fingerprint density at radius 2 is 2.03 bits per heavy atom. The van der Waals surface area contributed by atoms with Crippen LogP contribution in [0.25, 0.3) is 16.9 Å². The van der Waals surface area contributed by atoms with Crippen molar-refractivity contribution in [2.45, 2.75) is 33.6 Å². The van der Waals surface area contributed by atoms with Crippen molar-refractivity contribution in [3.05, 3.63) is 54.8 Å². The zero-order valence-electron chi connectivity index (χ0n) is 19.6. The van der Waals surface area contributed by atoms with Crippen molar-refractivity contribution in [3.63, 3.8) is 0 Å². The predicted molar refractivity (Wildman–Crippen MR) is 129 cm³/mol. The molecule has 0 saturated carbocycles. The number of carbonyl (C=O) groups is 1. The minimum absolute atomic E-state index is 0.122. The number of fused-ring (bicyclic) bond motifs is 1. The van der Waals surface area contributed by atoms with E-state index in [1.807, 2.05) is 35.0 Å². The lowest BCUT2D eigenvalue weighted by atomic mass is 9.91. The number of nitrogens with zero attached hydrogens (tertiary/aromatic N) is 5. The van der Waals surface area contributed by atoms with Crippen molar-refractivity contribution in [2.75, 3.05) is 38.2 Å². The molecule has 1 aromatic carbocycles. The number of rotatable bonds is 7. The lowest BCUT2D eigenvalue weighted by molar-refractivity contribution is -0.111. The van der Waals surface area contributed by atoms with Crippen LogP contribution in [0.15, 0.2) is 49.1 Å². The van der Waals surface area contributed by atoms with Crippen LogP contribution >= 0.6 is 0 Å². The second-order valence-electron chi connectivity index (χ2n) is 9.56. The molecule has 33 heavy (non-hydrogen) atoms. The van der Waals surface area contributed by atoms with Crippen LogP contribution in [-0.2, 0) is 16.0 Å². The highest BCUT2D eigenvalue weighted by molar-refractivity contribution is 6.00. The van der Waals surface area contributed by atoms with E-state index in [9.17, 15) is 4.79 Å². The molecule has 0 atom stereocenters. The van der Waals surface area contributed by atoms with E-state index < -0.39 is 0 Å². The fraction of sp³-hybridized carbons (Fsp3) is 0.440. The van der Waals surface area contributed by atoms with Gasteiger partial charge in [0.2, 0.25) is 5.91 Å². The number of aromatic nitrogens is 4. The lowest BCUT2D eigenvalue weighted by Crippen LogP contribution is -2.36. The van der Waals surface area contributed by atoms with Crippen molar-refractivity contribution in [1.29, 1.82) is 0 Å². The number of nitrogens with one attached hydrogen (secondary N) is 1. The normalized spacial score (nSPS) is 15.4. The standard InChI is InChI=1S/C25H32N6O2/c1-25(2,3)15-20-16-26-17-23(28-20)31-18-27-21-8-7-19(14-22(21)31)29-24(32)6-4-5-9-30-10-12-33-13-11-30/h4,6-8,14,16-18H,5,9-13,15H2,1-3H3,(H,29,32)/b6-4-. The minimum Gasteiger partial charge on any atom is -0.379 e. The monoisotopic (exact) mass is 448 g/mol. The number of hydrogen-bond donors (Lipinski definition) is 1. The van der Waals surface area contributed by atoms with Gasteiger partial charge in [-0.1, -0.05) is 26.8 Å². The summed E-state index contributed by atoms with van der Waals surface area (Å²) in [5, 5.41) is 2.95. The molecule has 3 aromatic rings. The molecule has 1 amide bonds. The van der Waals surface area contributed by atoms with Crippen LogP contribution in [0.2, 0.25) is 0 Å². The Bertz CT molecular complexity index is 1130. The molecule has 2 aromatic heterocycles. The zero-order chi connectivity index (χ0) is 23.3. The molecule has 1 aliphatic rings. The number of benzene rings is 1. The third kappa shape index (κ3) is 6.46. The van der Waals surface area contributed by atoms with Gasteiger partial charge in [0.05, 0.1) is 36.1 Å². The molecule has 174 valence electrons. The molecular weight excluding hydrogens is 416 g/mol. The van der Waals surface area contributed by atoms with Gasteiger partial charge in [0.25, 0.3) is 0 Å². The van der Waals surface area contributed by atoms with Crippen LogP contribution in [0.3, 0.4) is 0 Å². The average molecular weight is 449 g/mol. The molecule has 0 radical (unpaired) electrons. The Balaban J connectivity index is 1.43. The molecule has 4 rings (SSSR count). The first-order valence-electron chi connectivity index (χ1n) is 11.4. The smallest absolute Gasteiger partial charge is 0.248 e. The lowest BCUT2D eigenvalue weighted by Gasteiger charge is -2.25. The number of ether oxygens (including phenoxy) is 1. The summed E-state index contributed by atoms with van der Waals surface area (Å²) in [5.74, 6) is 0.570. The third-order valence-electron chi connectivity index (χ3n) is 5.43. The summed E-state index contributed by atoms with van der Waals surface area (Å²) in [6, 6.07) is 5.68. The maximum atomic E-state index is 12.4. The second kappa shape index (κ2) is 10.2. The highest BCUT2D eigenvalue weighted by atomic mass is 16.5. The van der Waals surface area contributed by atoms with E-state index in [4.69, 9.17) is 9.72 Å². The largest absolute Gasteiger partial charge is 0.379 e. The maximum Gasteiger partial charge on any atom is 0.248 e. The number of carbonyl (C=O) groups excluding carboxylic acids is 1. The van der Waals surface area contributed by atoms with E-state index >= 15 is 0 Å². The second-order valence-corrected chi connectivity index (χ2v) is 9.56. The van der Waals surface area contributed by atoms with Crippen molar-refractivity contribution in [2.24, 2.45) is 5.41 Å². The van der Waals surface area contributed by atoms with Gasteiger partial charge in [0.15, 0.2) is 5.82 Å². The van der Waals surface area contributed by atoms with Crippen LogP contribution in [0.1, 0.15) is 32.9 Å². The van der Waals surface area contributed by atoms with E-state index in [-0.39, 0.29) is 11.3 Å². The zero-order valence-corrected chi connectivity index (χ0v) is 19.6.